The number of amidine groups is 1. The fourth-order valence-corrected chi connectivity index (χ4v) is 0.618. The van der Waals surface area contributed by atoms with E-state index in [4.69, 9.17) is 50.7 Å². The Morgan fingerprint density at radius 1 is 0.720 bits per heavy atom. The second-order valence-electron chi connectivity index (χ2n) is 3.86. The van der Waals surface area contributed by atoms with E-state index in [0.717, 1.165) is 33.3 Å². The minimum atomic E-state index is -0.833. The van der Waals surface area contributed by atoms with Crippen molar-refractivity contribution in [3.8, 4) is 0 Å². The topological polar surface area (TPSA) is 199 Å². The van der Waals surface area contributed by atoms with E-state index in [9.17, 15) is 0 Å². The zero-order valence-corrected chi connectivity index (χ0v) is 14.4. The first kappa shape index (κ1) is 29.6. The molecule has 1 aromatic rings. The van der Waals surface area contributed by atoms with Crippen molar-refractivity contribution in [3.05, 3.63) is 35.9 Å². The van der Waals surface area contributed by atoms with Crippen molar-refractivity contribution < 1.29 is 39.6 Å². The highest BCUT2D eigenvalue weighted by Gasteiger charge is 1.89. The fraction of sp³-hybridized carbons (Fsp3) is 0.267. The maximum atomic E-state index is 9.00. The molecule has 0 spiro atoms. The number of nitrogens with one attached hydrogen (secondary N) is 1. The number of aliphatic carboxylic acids is 4. The number of carbonyl (C=O) groups is 4. The van der Waals surface area contributed by atoms with E-state index in [1.165, 1.54) is 0 Å². The summed E-state index contributed by atoms with van der Waals surface area (Å²) in [7, 11) is 0. The molecule has 0 radical (unpaired) electrons. The summed E-state index contributed by atoms with van der Waals surface area (Å²) in [5.74, 6) is -3.21. The van der Waals surface area contributed by atoms with E-state index < -0.39 is 23.9 Å². The quantitative estimate of drug-likeness (QED) is 0.316. The van der Waals surface area contributed by atoms with Gasteiger partial charge in [-0.1, -0.05) is 30.3 Å². The van der Waals surface area contributed by atoms with Crippen LogP contribution in [-0.4, -0.2) is 50.1 Å². The number of hydrogen-bond acceptors (Lipinski definition) is 5. The Balaban J connectivity index is -0.000000119. The number of carboxylic acids is 4. The van der Waals surface area contributed by atoms with Gasteiger partial charge in [0, 0.05) is 33.3 Å². The molecule has 1 aromatic carbocycles. The maximum absolute atomic E-state index is 9.00. The van der Waals surface area contributed by atoms with Crippen molar-refractivity contribution in [2.24, 2.45) is 5.73 Å². The lowest BCUT2D eigenvalue weighted by Gasteiger charge is -1.93. The molecule has 0 aromatic heterocycles. The molecular formula is C15H24N2O8. The zero-order chi connectivity index (χ0) is 21.0. The van der Waals surface area contributed by atoms with E-state index in [2.05, 4.69) is 0 Å². The highest BCUT2D eigenvalue weighted by atomic mass is 16.4. The van der Waals surface area contributed by atoms with Gasteiger partial charge < -0.3 is 26.2 Å². The summed E-state index contributed by atoms with van der Waals surface area (Å²) in [6.45, 7) is 4.33. The standard InChI is InChI=1S/C7H8N2.4C2H4O2/c8-7(9)6-4-2-1-3-5-6;4*1-2(3)4/h1-5H,(H3,8,9);4*1H3,(H,3,4). The summed E-state index contributed by atoms with van der Waals surface area (Å²) in [4.78, 5) is 36.0. The van der Waals surface area contributed by atoms with E-state index in [-0.39, 0.29) is 5.84 Å². The van der Waals surface area contributed by atoms with Gasteiger partial charge in [-0.25, -0.2) is 0 Å². The van der Waals surface area contributed by atoms with Crippen LogP contribution in [0.5, 0.6) is 0 Å². The van der Waals surface area contributed by atoms with Crippen LogP contribution in [0.25, 0.3) is 0 Å². The van der Waals surface area contributed by atoms with Crippen LogP contribution in [0, 0.1) is 5.41 Å². The number of nitrogen functional groups attached to an aromatic ring is 1. The first-order chi connectivity index (χ1) is 11.2. The molecule has 10 nitrogen and oxygen atoms in total. The Morgan fingerprint density at radius 3 is 1.04 bits per heavy atom. The molecule has 7 N–H and O–H groups in total. The first-order valence-electron chi connectivity index (χ1n) is 6.41. The molecule has 0 saturated heterocycles. The Kier molecular flexibility index (Phi) is 24.3. The molecule has 0 aliphatic rings. The van der Waals surface area contributed by atoms with Crippen molar-refractivity contribution in [1.82, 2.24) is 0 Å². The van der Waals surface area contributed by atoms with Crippen molar-refractivity contribution >= 4 is 29.7 Å². The molecule has 0 saturated carbocycles. The van der Waals surface area contributed by atoms with Crippen molar-refractivity contribution in [1.29, 1.82) is 5.41 Å². The Hall–Kier alpha value is -3.43. The normalized spacial score (nSPS) is 7.20. The maximum Gasteiger partial charge on any atom is 0.300 e. The van der Waals surface area contributed by atoms with Crippen LogP contribution in [0.4, 0.5) is 0 Å². The third kappa shape index (κ3) is 96.6. The Labute approximate surface area is 145 Å². The molecule has 0 aliphatic carbocycles. The summed E-state index contributed by atoms with van der Waals surface area (Å²) in [6, 6.07) is 9.23. The number of rotatable bonds is 1. The largest absolute Gasteiger partial charge is 0.481 e. The van der Waals surface area contributed by atoms with Gasteiger partial charge in [0.1, 0.15) is 5.84 Å². The molecule has 1 rings (SSSR count). The van der Waals surface area contributed by atoms with Gasteiger partial charge in [-0.05, 0) is 0 Å². The summed E-state index contributed by atoms with van der Waals surface area (Å²) in [5.41, 5.74) is 5.97. The summed E-state index contributed by atoms with van der Waals surface area (Å²) in [6.07, 6.45) is 0. The predicted molar refractivity (Wildman–Crippen MR) is 90.7 cm³/mol. The van der Waals surface area contributed by atoms with E-state index in [0.29, 0.717) is 0 Å². The lowest BCUT2D eigenvalue weighted by molar-refractivity contribution is -0.135. The Bertz CT molecular complexity index is 466. The summed E-state index contributed by atoms with van der Waals surface area (Å²) >= 11 is 0. The molecule has 0 aliphatic heterocycles. The van der Waals surface area contributed by atoms with Crippen molar-refractivity contribution in [3.63, 3.8) is 0 Å². The molecule has 0 amide bonds. The van der Waals surface area contributed by atoms with Gasteiger partial charge in [0.15, 0.2) is 0 Å². The van der Waals surface area contributed by atoms with Gasteiger partial charge in [0.25, 0.3) is 23.9 Å². The molecule has 10 heteroatoms. The minimum absolute atomic E-state index is 0.121. The Morgan fingerprint density at radius 2 is 0.920 bits per heavy atom. The van der Waals surface area contributed by atoms with E-state index in [1.54, 1.807) is 0 Å². The lowest BCUT2D eigenvalue weighted by Crippen LogP contribution is -2.10. The molecule has 25 heavy (non-hydrogen) atoms. The summed E-state index contributed by atoms with van der Waals surface area (Å²) in [5, 5.41) is 36.7. The molecule has 0 bridgehead atoms. The molecule has 0 heterocycles. The predicted octanol–water partition coefficient (Wildman–Crippen LogP) is 1.33. The van der Waals surface area contributed by atoms with E-state index in [1.807, 2.05) is 30.3 Å². The van der Waals surface area contributed by atoms with Gasteiger partial charge in [0.2, 0.25) is 0 Å². The monoisotopic (exact) mass is 360 g/mol. The van der Waals surface area contributed by atoms with Crippen LogP contribution in [-0.2, 0) is 19.2 Å². The average Bonchev–Trinajstić information content (AvgIpc) is 2.37. The van der Waals surface area contributed by atoms with Gasteiger partial charge in [-0.2, -0.15) is 0 Å². The lowest BCUT2D eigenvalue weighted by atomic mass is 10.2. The first-order valence-corrected chi connectivity index (χ1v) is 6.41. The number of hydrogen-bond donors (Lipinski definition) is 6. The molecular weight excluding hydrogens is 336 g/mol. The van der Waals surface area contributed by atoms with Crippen molar-refractivity contribution in [2.45, 2.75) is 27.7 Å². The van der Waals surface area contributed by atoms with Crippen LogP contribution in [0.15, 0.2) is 30.3 Å². The number of carboxylic acid groups (broad SMARTS) is 4. The SMILES string of the molecule is CC(=O)O.CC(=O)O.CC(=O)O.CC(=O)O.N=C(N)c1ccccc1. The smallest absolute Gasteiger partial charge is 0.300 e. The minimum Gasteiger partial charge on any atom is -0.481 e. The van der Waals surface area contributed by atoms with Gasteiger partial charge in [-0.15, -0.1) is 0 Å². The van der Waals surface area contributed by atoms with Crippen LogP contribution < -0.4 is 5.73 Å². The fourth-order valence-electron chi connectivity index (χ4n) is 0.618. The highest BCUT2D eigenvalue weighted by Crippen LogP contribution is 1.94. The van der Waals surface area contributed by atoms with Crippen LogP contribution >= 0.6 is 0 Å². The van der Waals surface area contributed by atoms with Crippen LogP contribution in [0.2, 0.25) is 0 Å². The van der Waals surface area contributed by atoms with Crippen LogP contribution in [0.3, 0.4) is 0 Å². The average molecular weight is 360 g/mol. The number of nitrogens with two attached hydrogens (primary N) is 1. The van der Waals surface area contributed by atoms with Crippen LogP contribution in [0.1, 0.15) is 33.3 Å². The number of benzene rings is 1. The van der Waals surface area contributed by atoms with Gasteiger partial charge >= 0.3 is 0 Å². The highest BCUT2D eigenvalue weighted by molar-refractivity contribution is 5.94. The second-order valence-corrected chi connectivity index (χ2v) is 3.86. The van der Waals surface area contributed by atoms with Crippen molar-refractivity contribution in [2.75, 3.05) is 0 Å². The molecule has 142 valence electrons. The van der Waals surface area contributed by atoms with Gasteiger partial charge in [-0.3, -0.25) is 24.6 Å². The van der Waals surface area contributed by atoms with E-state index >= 15 is 0 Å². The molecule has 0 unspecified atom stereocenters. The zero-order valence-electron chi connectivity index (χ0n) is 14.4. The molecule has 0 fully saturated rings. The second kappa shape index (κ2) is 20.6. The van der Waals surface area contributed by atoms with Gasteiger partial charge in [0.05, 0.1) is 0 Å². The third-order valence-electron chi connectivity index (χ3n) is 1.08. The summed E-state index contributed by atoms with van der Waals surface area (Å²) < 4.78 is 0. The molecule has 0 atom stereocenters. The third-order valence-corrected chi connectivity index (χ3v) is 1.08.